The molecule has 1 fully saturated rings. The van der Waals surface area contributed by atoms with Crippen molar-refractivity contribution in [1.82, 2.24) is 14.8 Å². The molecule has 2 aromatic carbocycles. The molecular weight excluding hydrogens is 438 g/mol. The lowest BCUT2D eigenvalue weighted by Crippen LogP contribution is -2.28. The van der Waals surface area contributed by atoms with E-state index in [0.29, 0.717) is 18.2 Å². The highest BCUT2D eigenvalue weighted by molar-refractivity contribution is 6.03. The standard InChI is InChI=1S/C28H29N5O2/c1-3-4-7-20-10-13-23(14-11-20)32-18-22(17-27(32)34)28(35)30-26-16-19(2)31-33(26)25-15-12-21-8-5-6-9-24(21)29-25/h5-6,8-16,22H,3-4,7,17-18H2,1-2H3,(H,30,35). The molecule has 3 heterocycles. The van der Waals surface area contributed by atoms with Crippen LogP contribution in [0.3, 0.4) is 0 Å². The number of fused-ring (bicyclic) bond motifs is 1. The predicted molar refractivity (Wildman–Crippen MR) is 138 cm³/mol. The molecule has 0 bridgehead atoms. The molecule has 1 N–H and O–H groups in total. The largest absolute Gasteiger partial charge is 0.312 e. The summed E-state index contributed by atoms with van der Waals surface area (Å²) in [5.41, 5.74) is 3.73. The summed E-state index contributed by atoms with van der Waals surface area (Å²) >= 11 is 0. The van der Waals surface area contributed by atoms with Gasteiger partial charge in [-0.1, -0.05) is 43.7 Å². The van der Waals surface area contributed by atoms with E-state index in [4.69, 9.17) is 4.98 Å². The summed E-state index contributed by atoms with van der Waals surface area (Å²) in [6, 6.07) is 21.7. The van der Waals surface area contributed by atoms with Gasteiger partial charge in [-0.25, -0.2) is 4.98 Å². The summed E-state index contributed by atoms with van der Waals surface area (Å²) in [5, 5.41) is 8.56. The minimum absolute atomic E-state index is 0.0349. The van der Waals surface area contributed by atoms with Gasteiger partial charge in [-0.15, -0.1) is 0 Å². The van der Waals surface area contributed by atoms with Gasteiger partial charge in [0.2, 0.25) is 11.8 Å². The first kappa shape index (κ1) is 22.8. The summed E-state index contributed by atoms with van der Waals surface area (Å²) in [7, 11) is 0. The number of aromatic nitrogens is 3. The van der Waals surface area contributed by atoms with Crippen molar-refractivity contribution in [2.24, 2.45) is 5.92 Å². The number of para-hydroxylation sites is 1. The van der Waals surface area contributed by atoms with Crippen molar-refractivity contribution in [3.63, 3.8) is 0 Å². The van der Waals surface area contributed by atoms with Crippen molar-refractivity contribution < 1.29 is 9.59 Å². The first-order chi connectivity index (χ1) is 17.0. The maximum absolute atomic E-state index is 13.2. The van der Waals surface area contributed by atoms with Crippen LogP contribution < -0.4 is 10.2 Å². The number of carbonyl (C=O) groups excluding carboxylic acids is 2. The van der Waals surface area contributed by atoms with E-state index < -0.39 is 5.92 Å². The number of pyridine rings is 1. The Morgan fingerprint density at radius 3 is 2.69 bits per heavy atom. The number of nitrogens with one attached hydrogen (secondary N) is 1. The van der Waals surface area contributed by atoms with Crippen LogP contribution in [0.2, 0.25) is 0 Å². The second-order valence-corrected chi connectivity index (χ2v) is 9.11. The highest BCUT2D eigenvalue weighted by Crippen LogP contribution is 2.27. The zero-order chi connectivity index (χ0) is 24.4. The van der Waals surface area contributed by atoms with Crippen LogP contribution in [0.15, 0.2) is 66.7 Å². The van der Waals surface area contributed by atoms with E-state index in [-0.39, 0.29) is 18.2 Å². The SMILES string of the molecule is CCCCc1ccc(N2CC(C(=O)Nc3cc(C)nn3-c3ccc4ccccc4n3)CC2=O)cc1. The number of rotatable bonds is 7. The first-order valence-electron chi connectivity index (χ1n) is 12.1. The maximum atomic E-state index is 13.2. The zero-order valence-electron chi connectivity index (χ0n) is 20.1. The molecule has 7 nitrogen and oxygen atoms in total. The number of nitrogens with zero attached hydrogens (tertiary/aromatic N) is 4. The van der Waals surface area contributed by atoms with Gasteiger partial charge in [0, 0.05) is 30.1 Å². The molecule has 1 aliphatic heterocycles. The van der Waals surface area contributed by atoms with Crippen molar-refractivity contribution in [2.45, 2.75) is 39.5 Å². The molecule has 2 aromatic heterocycles. The topological polar surface area (TPSA) is 80.1 Å². The average molecular weight is 468 g/mol. The molecule has 1 atom stereocenters. The third kappa shape index (κ3) is 4.80. The van der Waals surface area contributed by atoms with Crippen molar-refractivity contribution in [3.8, 4) is 5.82 Å². The Hall–Kier alpha value is -4.00. The second-order valence-electron chi connectivity index (χ2n) is 9.11. The smallest absolute Gasteiger partial charge is 0.230 e. The van der Waals surface area contributed by atoms with Crippen LogP contribution in [0.25, 0.3) is 16.7 Å². The van der Waals surface area contributed by atoms with Crippen LogP contribution in [-0.2, 0) is 16.0 Å². The van der Waals surface area contributed by atoms with Crippen LogP contribution in [0.1, 0.15) is 37.4 Å². The third-order valence-electron chi connectivity index (χ3n) is 6.45. The summed E-state index contributed by atoms with van der Waals surface area (Å²) in [6.07, 6.45) is 3.52. The fourth-order valence-corrected chi connectivity index (χ4v) is 4.52. The second kappa shape index (κ2) is 9.70. The minimum atomic E-state index is -0.435. The van der Waals surface area contributed by atoms with Crippen molar-refractivity contribution >= 4 is 34.2 Å². The van der Waals surface area contributed by atoms with E-state index >= 15 is 0 Å². The van der Waals surface area contributed by atoms with Crippen LogP contribution in [0.5, 0.6) is 0 Å². The van der Waals surface area contributed by atoms with Gasteiger partial charge in [-0.3, -0.25) is 9.59 Å². The van der Waals surface area contributed by atoms with Gasteiger partial charge in [-0.2, -0.15) is 9.78 Å². The minimum Gasteiger partial charge on any atom is -0.312 e. The number of unbranched alkanes of at least 4 members (excludes halogenated alkanes) is 1. The molecule has 4 aromatic rings. The summed E-state index contributed by atoms with van der Waals surface area (Å²) in [4.78, 5) is 32.3. The molecule has 0 radical (unpaired) electrons. The molecule has 178 valence electrons. The van der Waals surface area contributed by atoms with Gasteiger partial charge < -0.3 is 10.2 Å². The molecular formula is C28H29N5O2. The Labute approximate surface area is 204 Å². The van der Waals surface area contributed by atoms with Crippen molar-refractivity contribution in [2.75, 3.05) is 16.8 Å². The number of amides is 2. The number of anilines is 2. The highest BCUT2D eigenvalue weighted by atomic mass is 16.2. The lowest BCUT2D eigenvalue weighted by Gasteiger charge is -2.17. The number of hydrogen-bond donors (Lipinski definition) is 1. The molecule has 1 saturated heterocycles. The summed E-state index contributed by atoms with van der Waals surface area (Å²) in [5.74, 6) is 0.506. The molecule has 0 saturated carbocycles. The Morgan fingerprint density at radius 1 is 1.09 bits per heavy atom. The molecule has 0 aliphatic carbocycles. The van der Waals surface area contributed by atoms with Crippen LogP contribution >= 0.6 is 0 Å². The van der Waals surface area contributed by atoms with E-state index in [1.165, 1.54) is 5.56 Å². The summed E-state index contributed by atoms with van der Waals surface area (Å²) in [6.45, 7) is 4.41. The lowest BCUT2D eigenvalue weighted by atomic mass is 10.1. The fourth-order valence-electron chi connectivity index (χ4n) is 4.52. The summed E-state index contributed by atoms with van der Waals surface area (Å²) < 4.78 is 1.64. The van der Waals surface area contributed by atoms with Crippen LogP contribution in [0, 0.1) is 12.8 Å². The molecule has 1 aliphatic rings. The van der Waals surface area contributed by atoms with E-state index in [9.17, 15) is 9.59 Å². The van der Waals surface area contributed by atoms with Crippen molar-refractivity contribution in [3.05, 3.63) is 78.0 Å². The first-order valence-corrected chi connectivity index (χ1v) is 12.1. The monoisotopic (exact) mass is 467 g/mol. The van der Waals surface area contributed by atoms with E-state index in [0.717, 1.165) is 41.5 Å². The van der Waals surface area contributed by atoms with Gasteiger partial charge in [0.1, 0.15) is 5.82 Å². The van der Waals surface area contributed by atoms with Crippen LogP contribution in [0.4, 0.5) is 11.5 Å². The van der Waals surface area contributed by atoms with E-state index in [1.807, 2.05) is 61.5 Å². The Bertz CT molecular complexity index is 1380. The fraction of sp³-hybridized carbons (Fsp3) is 0.286. The Kier molecular flexibility index (Phi) is 6.31. The molecule has 5 rings (SSSR count). The van der Waals surface area contributed by atoms with Gasteiger partial charge >= 0.3 is 0 Å². The zero-order valence-corrected chi connectivity index (χ0v) is 20.1. The van der Waals surface area contributed by atoms with Crippen molar-refractivity contribution in [1.29, 1.82) is 0 Å². The molecule has 0 spiro atoms. The Morgan fingerprint density at radius 2 is 1.89 bits per heavy atom. The molecule has 1 unspecified atom stereocenters. The molecule has 7 heteroatoms. The van der Waals surface area contributed by atoms with Gasteiger partial charge in [0.15, 0.2) is 5.82 Å². The van der Waals surface area contributed by atoms with E-state index in [2.05, 4.69) is 29.5 Å². The quantitative estimate of drug-likeness (QED) is 0.412. The van der Waals surface area contributed by atoms with Gasteiger partial charge in [-0.05, 0) is 55.7 Å². The number of aryl methyl sites for hydroxylation is 2. The maximum Gasteiger partial charge on any atom is 0.230 e. The lowest BCUT2D eigenvalue weighted by molar-refractivity contribution is -0.122. The Balaban J connectivity index is 1.31. The van der Waals surface area contributed by atoms with Gasteiger partial charge in [0.05, 0.1) is 17.1 Å². The normalized spacial score (nSPS) is 15.7. The van der Waals surface area contributed by atoms with Gasteiger partial charge in [0.25, 0.3) is 0 Å². The molecule has 35 heavy (non-hydrogen) atoms. The predicted octanol–water partition coefficient (Wildman–Crippen LogP) is 5.06. The number of hydrogen-bond acceptors (Lipinski definition) is 4. The average Bonchev–Trinajstić information content (AvgIpc) is 3.44. The third-order valence-corrected chi connectivity index (χ3v) is 6.45. The van der Waals surface area contributed by atoms with Crippen LogP contribution in [-0.4, -0.2) is 33.1 Å². The number of benzene rings is 2. The van der Waals surface area contributed by atoms with E-state index in [1.54, 1.807) is 9.58 Å². The number of carbonyl (C=O) groups is 2. The highest BCUT2D eigenvalue weighted by Gasteiger charge is 2.35. The molecule has 2 amide bonds.